The lowest BCUT2D eigenvalue weighted by Crippen LogP contribution is -2.30. The highest BCUT2D eigenvalue weighted by Gasteiger charge is 2.18. The van der Waals surface area contributed by atoms with Crippen LogP contribution in [0.3, 0.4) is 0 Å². The molecule has 1 N–H and O–H groups in total. The maximum Gasteiger partial charge on any atom is 0.0991 e. The fourth-order valence-electron chi connectivity index (χ4n) is 2.54. The standard InChI is InChI=1S/C13H19Cl2NS/c1-9(11-8-12(14)17-13(11)15)16-10-6-4-2-3-5-7-10/h8-10,16H,2-7H2,1H3. The zero-order valence-corrected chi connectivity index (χ0v) is 12.5. The summed E-state index contributed by atoms with van der Waals surface area (Å²) in [6, 6.07) is 2.93. The first-order valence-electron chi connectivity index (χ1n) is 6.37. The summed E-state index contributed by atoms with van der Waals surface area (Å²) < 4.78 is 1.60. The highest BCUT2D eigenvalue weighted by Crippen LogP contribution is 2.35. The van der Waals surface area contributed by atoms with Gasteiger partial charge >= 0.3 is 0 Å². The molecule has 1 aromatic heterocycles. The summed E-state index contributed by atoms with van der Waals surface area (Å²) in [5, 5.41) is 3.69. The smallest absolute Gasteiger partial charge is 0.0991 e. The van der Waals surface area contributed by atoms with Crippen LogP contribution in [0.5, 0.6) is 0 Å². The zero-order chi connectivity index (χ0) is 12.3. The molecule has 0 spiro atoms. The van der Waals surface area contributed by atoms with Crippen LogP contribution in [0.4, 0.5) is 0 Å². The van der Waals surface area contributed by atoms with E-state index >= 15 is 0 Å². The molecule has 1 unspecified atom stereocenters. The van der Waals surface area contributed by atoms with Gasteiger partial charge in [0.25, 0.3) is 0 Å². The Morgan fingerprint density at radius 1 is 1.24 bits per heavy atom. The van der Waals surface area contributed by atoms with E-state index in [0.29, 0.717) is 12.1 Å². The molecule has 1 aliphatic rings. The molecule has 1 saturated carbocycles. The predicted molar refractivity (Wildman–Crippen MR) is 77.4 cm³/mol. The van der Waals surface area contributed by atoms with Crippen molar-refractivity contribution in [3.8, 4) is 0 Å². The third kappa shape index (κ3) is 3.85. The monoisotopic (exact) mass is 291 g/mol. The normalized spacial score (nSPS) is 20.2. The van der Waals surface area contributed by atoms with Crippen molar-refractivity contribution >= 4 is 34.5 Å². The van der Waals surface area contributed by atoms with E-state index < -0.39 is 0 Å². The van der Waals surface area contributed by atoms with Crippen LogP contribution >= 0.6 is 34.5 Å². The summed E-state index contributed by atoms with van der Waals surface area (Å²) in [7, 11) is 0. The summed E-state index contributed by atoms with van der Waals surface area (Å²) >= 11 is 13.6. The second-order valence-corrected chi connectivity index (χ2v) is 7.14. The molecule has 0 saturated heterocycles. The topological polar surface area (TPSA) is 12.0 Å². The Bertz CT molecular complexity index is 356. The SMILES string of the molecule is CC(NC1CCCCCC1)c1cc(Cl)sc1Cl. The molecule has 1 aliphatic carbocycles. The first-order valence-corrected chi connectivity index (χ1v) is 7.95. The molecule has 1 heterocycles. The molecule has 0 radical (unpaired) electrons. The summed E-state index contributed by atoms with van der Waals surface area (Å²) in [5.41, 5.74) is 1.14. The van der Waals surface area contributed by atoms with Gasteiger partial charge in [0.1, 0.15) is 0 Å². The van der Waals surface area contributed by atoms with Crippen LogP contribution in [0.25, 0.3) is 0 Å². The van der Waals surface area contributed by atoms with Crippen LogP contribution in [0.1, 0.15) is 57.1 Å². The van der Waals surface area contributed by atoms with Crippen LogP contribution in [0.2, 0.25) is 8.67 Å². The van der Waals surface area contributed by atoms with Gasteiger partial charge in [-0.1, -0.05) is 48.9 Å². The van der Waals surface area contributed by atoms with Crippen molar-refractivity contribution < 1.29 is 0 Å². The van der Waals surface area contributed by atoms with Crippen molar-refractivity contribution in [3.63, 3.8) is 0 Å². The molecular weight excluding hydrogens is 273 g/mol. The maximum absolute atomic E-state index is 6.18. The average Bonchev–Trinajstić information content (AvgIpc) is 2.51. The summed E-state index contributed by atoms with van der Waals surface area (Å²) in [6.45, 7) is 2.18. The van der Waals surface area contributed by atoms with Gasteiger partial charge in [0.15, 0.2) is 0 Å². The van der Waals surface area contributed by atoms with E-state index in [1.165, 1.54) is 49.9 Å². The van der Waals surface area contributed by atoms with Gasteiger partial charge in [-0.25, -0.2) is 0 Å². The molecule has 1 atom stereocenters. The molecule has 0 amide bonds. The lowest BCUT2D eigenvalue weighted by atomic mass is 10.1. The van der Waals surface area contributed by atoms with E-state index in [4.69, 9.17) is 23.2 Å². The second kappa shape index (κ2) is 6.42. The lowest BCUT2D eigenvalue weighted by Gasteiger charge is -2.21. The highest BCUT2D eigenvalue weighted by atomic mass is 35.5. The quantitative estimate of drug-likeness (QED) is 0.733. The van der Waals surface area contributed by atoms with Crippen LogP contribution in [0, 0.1) is 0 Å². The molecule has 0 aromatic carbocycles. The van der Waals surface area contributed by atoms with Gasteiger partial charge in [-0.3, -0.25) is 0 Å². The maximum atomic E-state index is 6.18. The minimum Gasteiger partial charge on any atom is -0.307 e. The Morgan fingerprint density at radius 2 is 1.88 bits per heavy atom. The van der Waals surface area contributed by atoms with Gasteiger partial charge in [-0.15, -0.1) is 11.3 Å². The van der Waals surface area contributed by atoms with E-state index in [2.05, 4.69) is 12.2 Å². The number of halogens is 2. The number of rotatable bonds is 3. The first-order chi connectivity index (χ1) is 8.16. The molecule has 1 nitrogen and oxygen atoms in total. The van der Waals surface area contributed by atoms with E-state index in [1.54, 1.807) is 0 Å². The zero-order valence-electron chi connectivity index (χ0n) is 10.1. The minimum absolute atomic E-state index is 0.300. The molecule has 1 fully saturated rings. The van der Waals surface area contributed by atoms with Gasteiger partial charge < -0.3 is 5.32 Å². The Kier molecular flexibility index (Phi) is 5.16. The highest BCUT2D eigenvalue weighted by molar-refractivity contribution is 7.20. The minimum atomic E-state index is 0.300. The van der Waals surface area contributed by atoms with Crippen molar-refractivity contribution in [2.45, 2.75) is 57.5 Å². The molecule has 1 aromatic rings. The molecule has 0 bridgehead atoms. The van der Waals surface area contributed by atoms with E-state index in [-0.39, 0.29) is 0 Å². The molecule has 2 rings (SSSR count). The predicted octanol–water partition coefficient (Wildman–Crippen LogP) is 5.43. The number of nitrogens with one attached hydrogen (secondary N) is 1. The third-order valence-corrected chi connectivity index (χ3v) is 5.01. The van der Waals surface area contributed by atoms with Crippen molar-refractivity contribution in [3.05, 3.63) is 20.3 Å². The molecule has 17 heavy (non-hydrogen) atoms. The number of hydrogen-bond acceptors (Lipinski definition) is 2. The fraction of sp³-hybridized carbons (Fsp3) is 0.692. The van der Waals surface area contributed by atoms with Crippen LogP contribution in [0.15, 0.2) is 6.07 Å². The van der Waals surface area contributed by atoms with Gasteiger partial charge in [0.2, 0.25) is 0 Å². The molecule has 96 valence electrons. The third-order valence-electron chi connectivity index (χ3n) is 3.49. The van der Waals surface area contributed by atoms with Gasteiger partial charge in [-0.2, -0.15) is 0 Å². The van der Waals surface area contributed by atoms with Crippen LogP contribution in [-0.4, -0.2) is 6.04 Å². The van der Waals surface area contributed by atoms with Crippen molar-refractivity contribution in [2.24, 2.45) is 0 Å². The Balaban J connectivity index is 1.95. The van der Waals surface area contributed by atoms with E-state index in [9.17, 15) is 0 Å². The van der Waals surface area contributed by atoms with E-state index in [0.717, 1.165) is 14.2 Å². The first kappa shape index (κ1) is 13.7. The number of thiophene rings is 1. The largest absolute Gasteiger partial charge is 0.307 e. The Hall–Kier alpha value is 0.240. The fourth-order valence-corrected chi connectivity index (χ4v) is 4.18. The summed E-state index contributed by atoms with van der Waals surface area (Å²) in [6.07, 6.45) is 8.06. The van der Waals surface area contributed by atoms with Crippen molar-refractivity contribution in [2.75, 3.05) is 0 Å². The van der Waals surface area contributed by atoms with Crippen LogP contribution in [-0.2, 0) is 0 Å². The lowest BCUT2D eigenvalue weighted by molar-refractivity contribution is 0.415. The summed E-state index contributed by atoms with van der Waals surface area (Å²) in [4.78, 5) is 0. The molecule has 4 heteroatoms. The number of hydrogen-bond donors (Lipinski definition) is 1. The Labute approximate surface area is 118 Å². The Morgan fingerprint density at radius 3 is 2.41 bits per heavy atom. The van der Waals surface area contributed by atoms with Crippen LogP contribution < -0.4 is 5.32 Å². The second-order valence-electron chi connectivity index (χ2n) is 4.86. The van der Waals surface area contributed by atoms with Crippen molar-refractivity contribution in [1.82, 2.24) is 5.32 Å². The van der Waals surface area contributed by atoms with Gasteiger partial charge in [0, 0.05) is 12.1 Å². The average molecular weight is 292 g/mol. The van der Waals surface area contributed by atoms with E-state index in [1.807, 2.05) is 6.07 Å². The summed E-state index contributed by atoms with van der Waals surface area (Å²) in [5.74, 6) is 0. The molecular formula is C13H19Cl2NS. The molecule has 0 aliphatic heterocycles. The van der Waals surface area contributed by atoms with Crippen molar-refractivity contribution in [1.29, 1.82) is 0 Å². The van der Waals surface area contributed by atoms with Gasteiger partial charge in [-0.05, 0) is 31.4 Å². The van der Waals surface area contributed by atoms with Gasteiger partial charge in [0.05, 0.1) is 8.67 Å².